The van der Waals surface area contributed by atoms with Crippen LogP contribution in [0.5, 0.6) is 0 Å². The van der Waals surface area contributed by atoms with E-state index in [0.717, 1.165) is 13.1 Å². The molecule has 1 aromatic carbocycles. The number of piperazine rings is 1. The number of likely N-dealkylation sites (N-methyl/N-ethyl adjacent to an activating group) is 1. The molecule has 0 aliphatic carbocycles. The van der Waals surface area contributed by atoms with Gasteiger partial charge in [-0.15, -0.1) is 0 Å². The van der Waals surface area contributed by atoms with Crippen LogP contribution in [0.15, 0.2) is 24.3 Å². The standard InChI is InChI=1S/C16H23N3/c1-13-6-5-7-14(10-13)19-11-15(8-9-17)18(4)16(2,3)12-19/h5-7,10,15H,8,11-12H2,1-4H3. The van der Waals surface area contributed by atoms with Crippen LogP contribution in [0, 0.1) is 18.3 Å². The summed E-state index contributed by atoms with van der Waals surface area (Å²) in [5.41, 5.74) is 2.64. The maximum Gasteiger partial charge on any atom is 0.0638 e. The van der Waals surface area contributed by atoms with Gasteiger partial charge in [-0.1, -0.05) is 12.1 Å². The molecule has 2 rings (SSSR count). The maximum atomic E-state index is 9.01. The van der Waals surface area contributed by atoms with Crippen LogP contribution in [0.1, 0.15) is 25.8 Å². The van der Waals surface area contributed by atoms with Crippen LogP contribution in [-0.4, -0.2) is 36.6 Å². The summed E-state index contributed by atoms with van der Waals surface area (Å²) in [5, 5.41) is 9.01. The minimum atomic E-state index is 0.0868. The number of aryl methyl sites for hydroxylation is 1. The van der Waals surface area contributed by atoms with E-state index in [0.29, 0.717) is 12.5 Å². The number of hydrogen-bond donors (Lipinski definition) is 0. The van der Waals surface area contributed by atoms with Gasteiger partial charge in [-0.3, -0.25) is 4.90 Å². The third kappa shape index (κ3) is 2.90. The van der Waals surface area contributed by atoms with Gasteiger partial charge in [-0.25, -0.2) is 0 Å². The first kappa shape index (κ1) is 13.9. The maximum absolute atomic E-state index is 9.01. The van der Waals surface area contributed by atoms with Crippen molar-refractivity contribution in [3.63, 3.8) is 0 Å². The van der Waals surface area contributed by atoms with Crippen LogP contribution in [-0.2, 0) is 0 Å². The third-order valence-electron chi connectivity index (χ3n) is 4.21. The highest BCUT2D eigenvalue weighted by molar-refractivity contribution is 5.49. The second kappa shape index (κ2) is 5.22. The van der Waals surface area contributed by atoms with E-state index in [4.69, 9.17) is 5.26 Å². The Morgan fingerprint density at radius 2 is 2.16 bits per heavy atom. The lowest BCUT2D eigenvalue weighted by atomic mass is 9.94. The summed E-state index contributed by atoms with van der Waals surface area (Å²) in [6.07, 6.45) is 0.586. The molecule has 0 spiro atoms. The van der Waals surface area contributed by atoms with Crippen LogP contribution in [0.4, 0.5) is 5.69 Å². The van der Waals surface area contributed by atoms with Crippen LogP contribution in [0.3, 0.4) is 0 Å². The van der Waals surface area contributed by atoms with Crippen molar-refractivity contribution in [2.45, 2.75) is 38.8 Å². The van der Waals surface area contributed by atoms with Crippen LogP contribution in [0.2, 0.25) is 0 Å². The summed E-state index contributed by atoms with van der Waals surface area (Å²) >= 11 is 0. The summed E-state index contributed by atoms with van der Waals surface area (Å²) in [6.45, 7) is 8.54. The van der Waals surface area contributed by atoms with Crippen molar-refractivity contribution < 1.29 is 0 Å². The van der Waals surface area contributed by atoms with Crippen LogP contribution >= 0.6 is 0 Å². The molecule has 0 saturated carbocycles. The highest BCUT2D eigenvalue weighted by atomic mass is 15.3. The Morgan fingerprint density at radius 1 is 1.42 bits per heavy atom. The average Bonchev–Trinajstić information content (AvgIpc) is 2.35. The van der Waals surface area contributed by atoms with Gasteiger partial charge in [0.1, 0.15) is 0 Å². The monoisotopic (exact) mass is 257 g/mol. The third-order valence-corrected chi connectivity index (χ3v) is 4.21. The van der Waals surface area contributed by atoms with E-state index in [2.05, 4.69) is 68.0 Å². The first-order chi connectivity index (χ1) is 8.94. The number of nitriles is 1. The Kier molecular flexibility index (Phi) is 3.82. The van der Waals surface area contributed by atoms with Crippen molar-refractivity contribution >= 4 is 5.69 Å². The highest BCUT2D eigenvalue weighted by Crippen LogP contribution is 2.29. The molecule has 1 unspecified atom stereocenters. The summed E-state index contributed by atoms with van der Waals surface area (Å²) < 4.78 is 0. The topological polar surface area (TPSA) is 30.3 Å². The van der Waals surface area contributed by atoms with Crippen LogP contribution in [0.25, 0.3) is 0 Å². The van der Waals surface area contributed by atoms with Gasteiger partial charge in [0.15, 0.2) is 0 Å². The van der Waals surface area contributed by atoms with Gasteiger partial charge in [0.05, 0.1) is 12.5 Å². The quantitative estimate of drug-likeness (QED) is 0.816. The van der Waals surface area contributed by atoms with Gasteiger partial charge in [0.2, 0.25) is 0 Å². The number of benzene rings is 1. The van der Waals surface area contributed by atoms with Crippen molar-refractivity contribution in [2.75, 3.05) is 25.0 Å². The second-order valence-electron chi connectivity index (χ2n) is 6.16. The summed E-state index contributed by atoms with van der Waals surface area (Å²) in [4.78, 5) is 4.76. The van der Waals surface area contributed by atoms with E-state index in [-0.39, 0.29) is 5.54 Å². The molecule has 1 saturated heterocycles. The lowest BCUT2D eigenvalue weighted by Crippen LogP contribution is -2.62. The zero-order chi connectivity index (χ0) is 14.0. The van der Waals surface area contributed by atoms with Gasteiger partial charge in [0.25, 0.3) is 0 Å². The molecule has 0 bridgehead atoms. The number of nitrogens with zero attached hydrogens (tertiary/aromatic N) is 3. The first-order valence-corrected chi connectivity index (χ1v) is 6.85. The first-order valence-electron chi connectivity index (χ1n) is 6.85. The van der Waals surface area contributed by atoms with E-state index in [9.17, 15) is 0 Å². The molecular formula is C16H23N3. The molecule has 1 aliphatic heterocycles. The van der Waals surface area contributed by atoms with Gasteiger partial charge < -0.3 is 4.90 Å². The molecule has 19 heavy (non-hydrogen) atoms. The molecule has 3 heteroatoms. The number of anilines is 1. The zero-order valence-electron chi connectivity index (χ0n) is 12.3. The molecule has 102 valence electrons. The Labute approximate surface area is 116 Å². The average molecular weight is 257 g/mol. The molecule has 1 aromatic rings. The largest absolute Gasteiger partial charge is 0.368 e. The number of rotatable bonds is 2. The van der Waals surface area contributed by atoms with E-state index in [1.165, 1.54) is 11.3 Å². The summed E-state index contributed by atoms with van der Waals surface area (Å²) in [7, 11) is 2.13. The molecule has 0 radical (unpaired) electrons. The smallest absolute Gasteiger partial charge is 0.0638 e. The van der Waals surface area contributed by atoms with E-state index in [1.807, 2.05) is 0 Å². The minimum absolute atomic E-state index is 0.0868. The van der Waals surface area contributed by atoms with Gasteiger partial charge in [-0.05, 0) is 45.5 Å². The van der Waals surface area contributed by atoms with E-state index >= 15 is 0 Å². The van der Waals surface area contributed by atoms with Crippen molar-refractivity contribution in [2.24, 2.45) is 0 Å². The molecule has 1 heterocycles. The lowest BCUT2D eigenvalue weighted by Gasteiger charge is -2.50. The molecule has 0 amide bonds. The molecule has 3 nitrogen and oxygen atoms in total. The molecule has 0 aromatic heterocycles. The molecule has 0 N–H and O–H groups in total. The Morgan fingerprint density at radius 3 is 2.79 bits per heavy atom. The van der Waals surface area contributed by atoms with Crippen LogP contribution < -0.4 is 4.90 Å². The summed E-state index contributed by atoms with van der Waals surface area (Å²) in [5.74, 6) is 0. The summed E-state index contributed by atoms with van der Waals surface area (Å²) in [6, 6.07) is 11.2. The number of hydrogen-bond acceptors (Lipinski definition) is 3. The lowest BCUT2D eigenvalue weighted by molar-refractivity contribution is 0.0826. The van der Waals surface area contributed by atoms with Gasteiger partial charge in [-0.2, -0.15) is 5.26 Å². The minimum Gasteiger partial charge on any atom is -0.368 e. The fourth-order valence-electron chi connectivity index (χ4n) is 2.84. The van der Waals surface area contributed by atoms with Crippen molar-refractivity contribution in [1.82, 2.24) is 4.90 Å². The van der Waals surface area contributed by atoms with Crippen molar-refractivity contribution in [1.29, 1.82) is 5.26 Å². The molecule has 1 atom stereocenters. The fraction of sp³-hybridized carbons (Fsp3) is 0.562. The fourth-order valence-corrected chi connectivity index (χ4v) is 2.84. The molecule has 1 fully saturated rings. The van der Waals surface area contributed by atoms with Crippen molar-refractivity contribution in [3.05, 3.63) is 29.8 Å². The highest BCUT2D eigenvalue weighted by Gasteiger charge is 2.37. The van der Waals surface area contributed by atoms with Gasteiger partial charge in [0, 0.05) is 30.4 Å². The normalized spacial score (nSPS) is 23.1. The Hall–Kier alpha value is -1.53. The zero-order valence-corrected chi connectivity index (χ0v) is 12.3. The van der Waals surface area contributed by atoms with E-state index < -0.39 is 0 Å². The van der Waals surface area contributed by atoms with Crippen molar-refractivity contribution in [3.8, 4) is 6.07 Å². The second-order valence-corrected chi connectivity index (χ2v) is 6.16. The predicted octanol–water partition coefficient (Wildman–Crippen LogP) is 2.81. The van der Waals surface area contributed by atoms with Gasteiger partial charge >= 0.3 is 0 Å². The predicted molar refractivity (Wildman–Crippen MR) is 79.3 cm³/mol. The van der Waals surface area contributed by atoms with E-state index in [1.54, 1.807) is 0 Å². The Balaban J connectivity index is 2.25. The SMILES string of the molecule is Cc1cccc(N2CC(CC#N)N(C)C(C)(C)C2)c1. The molecular weight excluding hydrogens is 234 g/mol. The Bertz CT molecular complexity index is 487. The molecule has 1 aliphatic rings.